The first kappa shape index (κ1) is 12.8. The van der Waals surface area contributed by atoms with Gasteiger partial charge in [-0.1, -0.05) is 12.8 Å². The summed E-state index contributed by atoms with van der Waals surface area (Å²) in [5.74, 6) is 0.671. The van der Waals surface area contributed by atoms with Crippen molar-refractivity contribution in [1.29, 1.82) is 0 Å². The molecule has 4 atom stereocenters. The van der Waals surface area contributed by atoms with Crippen LogP contribution in [-0.2, 0) is 4.79 Å². The normalized spacial score (nSPS) is 40.1. The number of likely N-dealkylation sites (N-methyl/N-ethyl adjacent to an activating group) is 1. The molecule has 0 aromatic rings. The van der Waals surface area contributed by atoms with E-state index in [1.165, 1.54) is 25.7 Å². The zero-order chi connectivity index (χ0) is 12.4. The molecular formula is C13H24N2O2. The largest absolute Gasteiger partial charge is 0.394 e. The Bertz CT molecular complexity index is 283. The standard InChI is InChI=1S/C13H24N2O2/c1-9-13(17)14-11(8-16)7-10-5-3-4-6-12(10)15(9)2/h9-12,16H,3-8H2,1-2H3,(H,14,17). The smallest absolute Gasteiger partial charge is 0.237 e. The van der Waals surface area contributed by atoms with Crippen molar-refractivity contribution in [3.05, 3.63) is 0 Å². The lowest BCUT2D eigenvalue weighted by molar-refractivity contribution is -0.129. The van der Waals surface area contributed by atoms with E-state index in [-0.39, 0.29) is 24.6 Å². The zero-order valence-corrected chi connectivity index (χ0v) is 10.9. The van der Waals surface area contributed by atoms with Crippen LogP contribution in [0, 0.1) is 5.92 Å². The van der Waals surface area contributed by atoms with Crippen LogP contribution < -0.4 is 5.32 Å². The summed E-state index contributed by atoms with van der Waals surface area (Å²) in [5, 5.41) is 12.3. The van der Waals surface area contributed by atoms with E-state index in [4.69, 9.17) is 0 Å². The fourth-order valence-corrected chi connectivity index (χ4v) is 3.34. The van der Waals surface area contributed by atoms with Gasteiger partial charge in [-0.15, -0.1) is 0 Å². The summed E-state index contributed by atoms with van der Waals surface area (Å²) in [5.41, 5.74) is 0. The van der Waals surface area contributed by atoms with Crippen LogP contribution in [-0.4, -0.2) is 47.7 Å². The molecular weight excluding hydrogens is 216 g/mol. The molecule has 4 nitrogen and oxygen atoms in total. The van der Waals surface area contributed by atoms with E-state index in [9.17, 15) is 9.90 Å². The monoisotopic (exact) mass is 240 g/mol. The molecule has 1 aliphatic carbocycles. The fourth-order valence-electron chi connectivity index (χ4n) is 3.34. The van der Waals surface area contributed by atoms with Gasteiger partial charge in [0.1, 0.15) is 0 Å². The van der Waals surface area contributed by atoms with Crippen LogP contribution in [0.2, 0.25) is 0 Å². The van der Waals surface area contributed by atoms with Crippen LogP contribution in [0.5, 0.6) is 0 Å². The van der Waals surface area contributed by atoms with Crippen molar-refractivity contribution in [2.24, 2.45) is 5.92 Å². The Morgan fingerprint density at radius 3 is 2.82 bits per heavy atom. The Hall–Kier alpha value is -0.610. The molecule has 2 N–H and O–H groups in total. The molecule has 1 heterocycles. The lowest BCUT2D eigenvalue weighted by Gasteiger charge is -2.44. The van der Waals surface area contributed by atoms with Gasteiger partial charge in [-0.3, -0.25) is 9.69 Å². The third kappa shape index (κ3) is 2.63. The highest BCUT2D eigenvalue weighted by molar-refractivity contribution is 5.81. The molecule has 98 valence electrons. The predicted molar refractivity (Wildman–Crippen MR) is 66.6 cm³/mol. The molecule has 0 radical (unpaired) electrons. The van der Waals surface area contributed by atoms with Gasteiger partial charge < -0.3 is 10.4 Å². The molecule has 4 heteroatoms. The van der Waals surface area contributed by atoms with E-state index in [1.807, 2.05) is 6.92 Å². The first-order valence-corrected chi connectivity index (χ1v) is 6.76. The summed E-state index contributed by atoms with van der Waals surface area (Å²) < 4.78 is 0. The number of hydrogen-bond donors (Lipinski definition) is 2. The third-order valence-corrected chi connectivity index (χ3v) is 4.54. The van der Waals surface area contributed by atoms with Crippen molar-refractivity contribution < 1.29 is 9.90 Å². The quantitative estimate of drug-likeness (QED) is 0.711. The number of rotatable bonds is 1. The van der Waals surface area contributed by atoms with Gasteiger partial charge in [0.2, 0.25) is 5.91 Å². The van der Waals surface area contributed by atoms with Gasteiger partial charge in [-0.05, 0) is 39.2 Å². The number of hydrogen-bond acceptors (Lipinski definition) is 3. The van der Waals surface area contributed by atoms with Crippen LogP contribution in [0.3, 0.4) is 0 Å². The number of carbonyl (C=O) groups excluding carboxylic acids is 1. The average Bonchev–Trinajstić information content (AvgIpc) is 2.35. The highest BCUT2D eigenvalue weighted by atomic mass is 16.3. The summed E-state index contributed by atoms with van der Waals surface area (Å²) in [6.45, 7) is 2.02. The number of aliphatic hydroxyl groups is 1. The number of carbonyl (C=O) groups is 1. The van der Waals surface area contributed by atoms with Crippen molar-refractivity contribution in [2.75, 3.05) is 13.7 Å². The molecule has 2 aliphatic rings. The second-order valence-corrected chi connectivity index (χ2v) is 5.58. The second-order valence-electron chi connectivity index (χ2n) is 5.58. The van der Waals surface area contributed by atoms with Crippen LogP contribution >= 0.6 is 0 Å². The highest BCUT2D eigenvalue weighted by Crippen LogP contribution is 2.33. The van der Waals surface area contributed by atoms with Crippen LogP contribution in [0.1, 0.15) is 39.0 Å². The minimum atomic E-state index is -0.0880. The predicted octanol–water partition coefficient (Wildman–Crippen LogP) is 0.746. The minimum Gasteiger partial charge on any atom is -0.394 e. The van der Waals surface area contributed by atoms with Gasteiger partial charge in [0.25, 0.3) is 0 Å². The van der Waals surface area contributed by atoms with Crippen LogP contribution in [0.4, 0.5) is 0 Å². The minimum absolute atomic E-state index is 0.0515. The molecule has 0 spiro atoms. The van der Waals surface area contributed by atoms with Gasteiger partial charge in [0, 0.05) is 6.04 Å². The Morgan fingerprint density at radius 2 is 2.12 bits per heavy atom. The van der Waals surface area contributed by atoms with Crippen molar-refractivity contribution >= 4 is 5.91 Å². The molecule has 1 saturated heterocycles. The van der Waals surface area contributed by atoms with Crippen molar-refractivity contribution in [3.8, 4) is 0 Å². The molecule has 0 bridgehead atoms. The number of amides is 1. The summed E-state index contributed by atoms with van der Waals surface area (Å²) in [7, 11) is 2.06. The maximum Gasteiger partial charge on any atom is 0.237 e. The average molecular weight is 240 g/mol. The number of fused-ring (bicyclic) bond motifs is 1. The van der Waals surface area contributed by atoms with E-state index in [1.54, 1.807) is 0 Å². The Morgan fingerprint density at radius 1 is 1.41 bits per heavy atom. The summed E-state index contributed by atoms with van der Waals surface area (Å²) in [6, 6.07) is 0.373. The molecule has 1 aliphatic heterocycles. The van der Waals surface area contributed by atoms with Gasteiger partial charge in [0.15, 0.2) is 0 Å². The Balaban J connectivity index is 2.16. The van der Waals surface area contributed by atoms with Crippen molar-refractivity contribution in [2.45, 2.75) is 57.2 Å². The molecule has 0 aromatic heterocycles. The lowest BCUT2D eigenvalue weighted by Crippen LogP contribution is -2.57. The molecule has 0 aromatic carbocycles. The van der Waals surface area contributed by atoms with E-state index in [0.29, 0.717) is 12.0 Å². The second kappa shape index (κ2) is 5.36. The number of nitrogens with zero attached hydrogens (tertiary/aromatic N) is 1. The molecule has 2 rings (SSSR count). The van der Waals surface area contributed by atoms with E-state index in [2.05, 4.69) is 17.3 Å². The Labute approximate surface area is 103 Å². The SMILES string of the molecule is CC1C(=O)NC(CO)CC2CCCCC2N1C. The first-order chi connectivity index (χ1) is 8.13. The number of nitrogens with one attached hydrogen (secondary N) is 1. The first-order valence-electron chi connectivity index (χ1n) is 6.76. The zero-order valence-electron chi connectivity index (χ0n) is 10.9. The van der Waals surface area contributed by atoms with Gasteiger partial charge in [-0.25, -0.2) is 0 Å². The number of aliphatic hydroxyl groups excluding tert-OH is 1. The highest BCUT2D eigenvalue weighted by Gasteiger charge is 2.36. The van der Waals surface area contributed by atoms with Gasteiger partial charge >= 0.3 is 0 Å². The fraction of sp³-hybridized carbons (Fsp3) is 0.923. The Kier molecular flexibility index (Phi) is 4.05. The summed E-state index contributed by atoms with van der Waals surface area (Å²) in [4.78, 5) is 14.2. The third-order valence-electron chi connectivity index (χ3n) is 4.54. The molecule has 4 unspecified atom stereocenters. The lowest BCUT2D eigenvalue weighted by atomic mass is 9.79. The van der Waals surface area contributed by atoms with Gasteiger partial charge in [-0.2, -0.15) is 0 Å². The molecule has 1 amide bonds. The molecule has 2 fully saturated rings. The van der Waals surface area contributed by atoms with E-state index >= 15 is 0 Å². The van der Waals surface area contributed by atoms with Crippen molar-refractivity contribution in [1.82, 2.24) is 10.2 Å². The topological polar surface area (TPSA) is 52.6 Å². The summed E-state index contributed by atoms with van der Waals surface area (Å²) >= 11 is 0. The van der Waals surface area contributed by atoms with Crippen LogP contribution in [0.25, 0.3) is 0 Å². The van der Waals surface area contributed by atoms with E-state index < -0.39 is 0 Å². The van der Waals surface area contributed by atoms with E-state index in [0.717, 1.165) is 6.42 Å². The summed E-state index contributed by atoms with van der Waals surface area (Å²) in [6.07, 6.45) is 5.90. The maximum absolute atomic E-state index is 12.0. The maximum atomic E-state index is 12.0. The van der Waals surface area contributed by atoms with Crippen molar-refractivity contribution in [3.63, 3.8) is 0 Å². The van der Waals surface area contributed by atoms with Crippen LogP contribution in [0.15, 0.2) is 0 Å². The van der Waals surface area contributed by atoms with Gasteiger partial charge in [0.05, 0.1) is 18.7 Å². The molecule has 1 saturated carbocycles. The molecule has 17 heavy (non-hydrogen) atoms.